The number of carbonyl (C=O) groups excluding carboxylic acids is 2. The summed E-state index contributed by atoms with van der Waals surface area (Å²) in [5.41, 5.74) is -1.71. The summed E-state index contributed by atoms with van der Waals surface area (Å²) in [5, 5.41) is 22.7. The lowest BCUT2D eigenvalue weighted by atomic mass is 9.74. The maximum atomic E-state index is 13.7. The first-order valence-electron chi connectivity index (χ1n) is 6.99. The van der Waals surface area contributed by atoms with Gasteiger partial charge in [-0.1, -0.05) is 6.07 Å². The van der Waals surface area contributed by atoms with Crippen molar-refractivity contribution in [1.29, 1.82) is 0 Å². The Labute approximate surface area is 124 Å². The smallest absolute Gasteiger partial charge is 0.224 e. The number of halogens is 2. The predicted molar refractivity (Wildman–Crippen MR) is 68.3 cm³/mol. The Hall–Kier alpha value is -2.02. The van der Waals surface area contributed by atoms with Crippen LogP contribution in [0.5, 0.6) is 0 Å². The molecular formula is C15H14F2NO4-. The van der Waals surface area contributed by atoms with Crippen molar-refractivity contribution >= 4 is 11.9 Å². The average molecular weight is 310 g/mol. The van der Waals surface area contributed by atoms with Gasteiger partial charge in [0.2, 0.25) is 5.91 Å². The molecule has 0 aliphatic heterocycles. The fourth-order valence-electron chi connectivity index (χ4n) is 3.06. The van der Waals surface area contributed by atoms with Gasteiger partial charge in [-0.2, -0.15) is 0 Å². The Bertz CT molecular complexity index is 622. The van der Waals surface area contributed by atoms with Gasteiger partial charge in [0.25, 0.3) is 0 Å². The van der Waals surface area contributed by atoms with E-state index in [2.05, 4.69) is 5.32 Å². The van der Waals surface area contributed by atoms with Crippen molar-refractivity contribution in [3.8, 4) is 0 Å². The molecule has 7 heteroatoms. The molecule has 2 saturated carbocycles. The van der Waals surface area contributed by atoms with Crippen molar-refractivity contribution in [2.24, 2.45) is 5.92 Å². The lowest BCUT2D eigenvalue weighted by Gasteiger charge is -2.46. The summed E-state index contributed by atoms with van der Waals surface area (Å²) in [6.45, 7) is 0. The third kappa shape index (κ3) is 2.35. The SMILES string of the molecule is O=C(NC1(C(=O)[O-])CC(O)C1)C1CC1c1c(F)cccc1F. The second kappa shape index (κ2) is 5.01. The van der Waals surface area contributed by atoms with Crippen molar-refractivity contribution in [3.63, 3.8) is 0 Å². The van der Waals surface area contributed by atoms with E-state index in [9.17, 15) is 28.6 Å². The summed E-state index contributed by atoms with van der Waals surface area (Å²) >= 11 is 0. The van der Waals surface area contributed by atoms with Crippen LogP contribution in [0.4, 0.5) is 8.78 Å². The van der Waals surface area contributed by atoms with Crippen LogP contribution in [0, 0.1) is 17.6 Å². The van der Waals surface area contributed by atoms with E-state index in [4.69, 9.17) is 0 Å². The van der Waals surface area contributed by atoms with Crippen LogP contribution < -0.4 is 10.4 Å². The molecule has 2 atom stereocenters. The lowest BCUT2D eigenvalue weighted by molar-refractivity contribution is -0.320. The molecule has 2 N–H and O–H groups in total. The van der Waals surface area contributed by atoms with E-state index >= 15 is 0 Å². The maximum Gasteiger partial charge on any atom is 0.224 e. The molecule has 118 valence electrons. The van der Waals surface area contributed by atoms with E-state index in [0.717, 1.165) is 12.1 Å². The van der Waals surface area contributed by atoms with Crippen LogP contribution in [0.3, 0.4) is 0 Å². The van der Waals surface area contributed by atoms with Gasteiger partial charge in [-0.25, -0.2) is 8.78 Å². The van der Waals surface area contributed by atoms with Crippen molar-refractivity contribution in [3.05, 3.63) is 35.4 Å². The third-order valence-electron chi connectivity index (χ3n) is 4.42. The number of benzene rings is 1. The minimum absolute atomic E-state index is 0.119. The van der Waals surface area contributed by atoms with Gasteiger partial charge in [-0.05, 0) is 18.6 Å². The van der Waals surface area contributed by atoms with E-state index < -0.39 is 47.0 Å². The van der Waals surface area contributed by atoms with Gasteiger partial charge in [0, 0.05) is 30.2 Å². The molecule has 5 nitrogen and oxygen atoms in total. The van der Waals surface area contributed by atoms with Gasteiger partial charge in [0.05, 0.1) is 17.6 Å². The molecule has 2 aliphatic rings. The minimum Gasteiger partial charge on any atom is -0.548 e. The molecule has 0 aromatic heterocycles. The number of carbonyl (C=O) groups is 2. The summed E-state index contributed by atoms with van der Waals surface area (Å²) in [6, 6.07) is 3.49. The zero-order valence-corrected chi connectivity index (χ0v) is 11.5. The molecule has 2 unspecified atom stereocenters. The highest BCUT2D eigenvalue weighted by molar-refractivity contribution is 5.90. The topological polar surface area (TPSA) is 89.5 Å². The largest absolute Gasteiger partial charge is 0.548 e. The van der Waals surface area contributed by atoms with Crippen molar-refractivity contribution in [2.45, 2.75) is 36.8 Å². The quantitative estimate of drug-likeness (QED) is 0.808. The Morgan fingerprint density at radius 2 is 1.86 bits per heavy atom. The lowest BCUT2D eigenvalue weighted by Crippen LogP contribution is -2.68. The van der Waals surface area contributed by atoms with Gasteiger partial charge >= 0.3 is 0 Å². The summed E-state index contributed by atoms with van der Waals surface area (Å²) in [5.74, 6) is -4.72. The predicted octanol–water partition coefficient (Wildman–Crippen LogP) is -0.172. The van der Waals surface area contributed by atoms with Crippen LogP contribution in [0.25, 0.3) is 0 Å². The fourth-order valence-corrected chi connectivity index (χ4v) is 3.06. The molecule has 2 fully saturated rings. The molecule has 0 saturated heterocycles. The number of hydrogen-bond donors (Lipinski definition) is 2. The highest BCUT2D eigenvalue weighted by atomic mass is 19.1. The second-order valence-electron chi connectivity index (χ2n) is 6.00. The maximum absolute atomic E-state index is 13.7. The van der Waals surface area contributed by atoms with E-state index in [1.807, 2.05) is 0 Å². The molecular weight excluding hydrogens is 296 g/mol. The molecule has 0 spiro atoms. The summed E-state index contributed by atoms with van der Waals surface area (Å²) < 4.78 is 27.3. The second-order valence-corrected chi connectivity index (χ2v) is 6.00. The van der Waals surface area contributed by atoms with Crippen molar-refractivity contribution in [1.82, 2.24) is 5.32 Å². The first kappa shape index (κ1) is 14.9. The highest BCUT2D eigenvalue weighted by Crippen LogP contribution is 2.49. The fraction of sp³-hybridized carbons (Fsp3) is 0.467. The number of hydrogen-bond acceptors (Lipinski definition) is 4. The molecule has 3 rings (SSSR count). The van der Waals surface area contributed by atoms with Crippen LogP contribution in [-0.4, -0.2) is 28.6 Å². The number of carboxylic acid groups (broad SMARTS) is 1. The minimum atomic E-state index is -1.57. The zero-order valence-electron chi connectivity index (χ0n) is 11.5. The van der Waals surface area contributed by atoms with Crippen LogP contribution in [0.15, 0.2) is 18.2 Å². The standard InChI is InChI=1S/C15H15F2NO4/c16-10-2-1-3-11(17)12(10)8-4-9(8)13(20)18-15(14(21)22)5-7(19)6-15/h1-3,7-9,19H,4-6H2,(H,18,20)(H,21,22)/p-1. The molecule has 1 aromatic rings. The normalized spacial score (nSPS) is 33.0. The van der Waals surface area contributed by atoms with Crippen molar-refractivity contribution in [2.75, 3.05) is 0 Å². The van der Waals surface area contributed by atoms with Crippen LogP contribution in [-0.2, 0) is 9.59 Å². The van der Waals surface area contributed by atoms with Crippen molar-refractivity contribution < 1.29 is 28.6 Å². The third-order valence-corrected chi connectivity index (χ3v) is 4.42. The highest BCUT2D eigenvalue weighted by Gasteiger charge is 2.52. The Morgan fingerprint density at radius 3 is 2.36 bits per heavy atom. The Kier molecular flexibility index (Phi) is 3.40. The Morgan fingerprint density at radius 1 is 1.27 bits per heavy atom. The first-order chi connectivity index (χ1) is 10.3. The van der Waals surface area contributed by atoms with E-state index in [1.54, 1.807) is 0 Å². The van der Waals surface area contributed by atoms with E-state index in [0.29, 0.717) is 0 Å². The van der Waals surface area contributed by atoms with Gasteiger partial charge in [-0.15, -0.1) is 0 Å². The number of carboxylic acids is 1. The number of nitrogens with one attached hydrogen (secondary N) is 1. The van der Waals surface area contributed by atoms with Crippen LogP contribution in [0.2, 0.25) is 0 Å². The van der Waals surface area contributed by atoms with E-state index in [-0.39, 0.29) is 24.8 Å². The average Bonchev–Trinajstić information content (AvgIpc) is 3.16. The van der Waals surface area contributed by atoms with Gasteiger partial charge in [0.15, 0.2) is 0 Å². The molecule has 2 aliphatic carbocycles. The molecule has 1 aromatic carbocycles. The summed E-state index contributed by atoms with van der Waals surface area (Å²) in [4.78, 5) is 23.2. The zero-order chi connectivity index (χ0) is 16.1. The summed E-state index contributed by atoms with van der Waals surface area (Å²) in [7, 11) is 0. The monoisotopic (exact) mass is 310 g/mol. The van der Waals surface area contributed by atoms with Crippen LogP contribution >= 0.6 is 0 Å². The van der Waals surface area contributed by atoms with Gasteiger partial charge in [-0.3, -0.25) is 4.79 Å². The number of rotatable bonds is 4. The Balaban J connectivity index is 1.70. The van der Waals surface area contributed by atoms with Crippen LogP contribution in [0.1, 0.15) is 30.7 Å². The first-order valence-corrected chi connectivity index (χ1v) is 6.99. The molecule has 1 amide bonds. The van der Waals surface area contributed by atoms with Gasteiger partial charge in [0.1, 0.15) is 11.6 Å². The van der Waals surface area contributed by atoms with E-state index in [1.165, 1.54) is 6.07 Å². The summed E-state index contributed by atoms with van der Waals surface area (Å²) in [6.07, 6.45) is -0.772. The molecule has 0 bridgehead atoms. The number of aliphatic carboxylic acids is 1. The number of amides is 1. The molecule has 0 radical (unpaired) electrons. The molecule has 0 heterocycles. The number of aliphatic hydroxyl groups excluding tert-OH is 1. The van der Waals surface area contributed by atoms with Gasteiger partial charge < -0.3 is 20.3 Å². The molecule has 22 heavy (non-hydrogen) atoms. The number of aliphatic hydroxyl groups is 1.